The number of nitrogens with zero attached hydrogens (tertiary/aromatic N) is 3. The number of ether oxygens (including phenoxy) is 1. The molecule has 7 heteroatoms. The molecule has 0 aliphatic rings. The SMILES string of the molecule is COc1cccc(NC(=O)Cn2c(C)cc(-c3nnc(C)o3)c2C)c1. The number of carbonyl (C=O) groups is 1. The van der Waals surface area contributed by atoms with E-state index in [9.17, 15) is 4.79 Å². The summed E-state index contributed by atoms with van der Waals surface area (Å²) >= 11 is 0. The first-order valence-electron chi connectivity index (χ1n) is 7.89. The molecule has 0 radical (unpaired) electrons. The van der Waals surface area contributed by atoms with Crippen LogP contribution in [0.3, 0.4) is 0 Å². The van der Waals surface area contributed by atoms with E-state index in [0.29, 0.717) is 23.2 Å². The third kappa shape index (κ3) is 3.55. The van der Waals surface area contributed by atoms with Gasteiger partial charge in [0.25, 0.3) is 0 Å². The number of methoxy groups -OCH3 is 1. The summed E-state index contributed by atoms with van der Waals surface area (Å²) in [6.45, 7) is 5.82. The van der Waals surface area contributed by atoms with E-state index in [0.717, 1.165) is 17.0 Å². The number of hydrogen-bond acceptors (Lipinski definition) is 5. The summed E-state index contributed by atoms with van der Waals surface area (Å²) in [5.74, 6) is 1.55. The zero-order valence-corrected chi connectivity index (χ0v) is 14.7. The molecule has 1 N–H and O–H groups in total. The maximum Gasteiger partial charge on any atom is 0.249 e. The van der Waals surface area contributed by atoms with Gasteiger partial charge in [-0.15, -0.1) is 10.2 Å². The number of rotatable bonds is 5. The third-order valence-electron chi connectivity index (χ3n) is 3.99. The summed E-state index contributed by atoms with van der Waals surface area (Å²) in [6, 6.07) is 9.20. The number of amides is 1. The van der Waals surface area contributed by atoms with Crippen molar-refractivity contribution >= 4 is 11.6 Å². The molecule has 130 valence electrons. The Balaban J connectivity index is 1.78. The molecule has 0 fully saturated rings. The molecule has 1 aromatic carbocycles. The highest BCUT2D eigenvalue weighted by Crippen LogP contribution is 2.26. The average Bonchev–Trinajstić information content (AvgIpc) is 3.13. The molecule has 7 nitrogen and oxygen atoms in total. The fraction of sp³-hybridized carbons (Fsp3) is 0.278. The molecular weight excluding hydrogens is 320 g/mol. The van der Waals surface area contributed by atoms with E-state index in [4.69, 9.17) is 9.15 Å². The smallest absolute Gasteiger partial charge is 0.249 e. The highest BCUT2D eigenvalue weighted by atomic mass is 16.5. The van der Waals surface area contributed by atoms with E-state index in [-0.39, 0.29) is 12.5 Å². The van der Waals surface area contributed by atoms with Gasteiger partial charge >= 0.3 is 0 Å². The Bertz CT molecular complexity index is 911. The summed E-state index contributed by atoms with van der Waals surface area (Å²) in [4.78, 5) is 12.4. The Labute approximate surface area is 145 Å². The summed E-state index contributed by atoms with van der Waals surface area (Å²) in [7, 11) is 1.59. The Hall–Kier alpha value is -3.09. The maximum atomic E-state index is 12.4. The van der Waals surface area contributed by atoms with Gasteiger partial charge in [0, 0.05) is 30.1 Å². The molecule has 1 amide bonds. The van der Waals surface area contributed by atoms with Crippen molar-refractivity contribution in [3.05, 3.63) is 47.6 Å². The first kappa shape index (κ1) is 16.8. The van der Waals surface area contributed by atoms with Crippen LogP contribution in [0, 0.1) is 20.8 Å². The lowest BCUT2D eigenvalue weighted by atomic mass is 10.2. The van der Waals surface area contributed by atoms with Gasteiger partial charge in [0.05, 0.1) is 12.7 Å². The molecule has 3 aromatic rings. The molecule has 3 rings (SSSR count). The third-order valence-corrected chi connectivity index (χ3v) is 3.99. The van der Waals surface area contributed by atoms with Crippen LogP contribution in [0.1, 0.15) is 17.3 Å². The van der Waals surface area contributed by atoms with E-state index < -0.39 is 0 Å². The number of aryl methyl sites for hydroxylation is 2. The van der Waals surface area contributed by atoms with Gasteiger partial charge < -0.3 is 19.0 Å². The Kier molecular flexibility index (Phi) is 4.56. The maximum absolute atomic E-state index is 12.4. The van der Waals surface area contributed by atoms with Crippen LogP contribution in [0.5, 0.6) is 5.75 Å². The summed E-state index contributed by atoms with van der Waals surface area (Å²) < 4.78 is 12.6. The van der Waals surface area contributed by atoms with Crippen LogP contribution in [0.15, 0.2) is 34.7 Å². The number of aromatic nitrogens is 3. The molecule has 25 heavy (non-hydrogen) atoms. The predicted molar refractivity (Wildman–Crippen MR) is 93.6 cm³/mol. The number of benzene rings is 1. The number of carbonyl (C=O) groups excluding carboxylic acids is 1. The first-order chi connectivity index (χ1) is 12.0. The molecule has 0 spiro atoms. The van der Waals surface area contributed by atoms with E-state index in [2.05, 4.69) is 15.5 Å². The van der Waals surface area contributed by atoms with Gasteiger partial charge in [-0.05, 0) is 32.0 Å². The van der Waals surface area contributed by atoms with E-state index in [1.54, 1.807) is 20.1 Å². The van der Waals surface area contributed by atoms with Crippen molar-refractivity contribution in [3.63, 3.8) is 0 Å². The van der Waals surface area contributed by atoms with Crippen LogP contribution in [0.25, 0.3) is 11.5 Å². The van der Waals surface area contributed by atoms with Gasteiger partial charge in [0.15, 0.2) is 0 Å². The normalized spacial score (nSPS) is 10.7. The van der Waals surface area contributed by atoms with Gasteiger partial charge in [-0.1, -0.05) is 6.07 Å². The fourth-order valence-electron chi connectivity index (χ4n) is 2.71. The van der Waals surface area contributed by atoms with Crippen molar-refractivity contribution in [2.75, 3.05) is 12.4 Å². The van der Waals surface area contributed by atoms with Crippen LogP contribution in [-0.4, -0.2) is 27.8 Å². The minimum Gasteiger partial charge on any atom is -0.497 e. The number of anilines is 1. The molecule has 2 aromatic heterocycles. The Morgan fingerprint density at radius 2 is 2.04 bits per heavy atom. The van der Waals surface area contributed by atoms with Gasteiger partial charge in [0.2, 0.25) is 17.7 Å². The van der Waals surface area contributed by atoms with Gasteiger partial charge in [-0.2, -0.15) is 0 Å². The second-order valence-corrected chi connectivity index (χ2v) is 5.78. The van der Waals surface area contributed by atoms with E-state index in [1.807, 2.05) is 42.7 Å². The predicted octanol–water partition coefficient (Wildman–Crippen LogP) is 3.11. The van der Waals surface area contributed by atoms with Crippen molar-refractivity contribution in [3.8, 4) is 17.2 Å². The van der Waals surface area contributed by atoms with Gasteiger partial charge in [-0.3, -0.25) is 4.79 Å². The van der Waals surface area contributed by atoms with Crippen LogP contribution >= 0.6 is 0 Å². The van der Waals surface area contributed by atoms with E-state index >= 15 is 0 Å². The average molecular weight is 340 g/mol. The molecular formula is C18H20N4O3. The fourth-order valence-corrected chi connectivity index (χ4v) is 2.71. The lowest BCUT2D eigenvalue weighted by Crippen LogP contribution is -2.20. The largest absolute Gasteiger partial charge is 0.497 e. The number of nitrogens with one attached hydrogen (secondary N) is 1. The summed E-state index contributed by atoms with van der Waals surface area (Å²) in [5, 5.41) is 10.8. The molecule has 0 saturated heterocycles. The Morgan fingerprint density at radius 3 is 2.72 bits per heavy atom. The lowest BCUT2D eigenvalue weighted by Gasteiger charge is -2.11. The first-order valence-corrected chi connectivity index (χ1v) is 7.89. The molecule has 0 unspecified atom stereocenters. The van der Waals surface area contributed by atoms with Crippen molar-refractivity contribution in [2.24, 2.45) is 0 Å². The molecule has 0 atom stereocenters. The molecule has 0 aliphatic carbocycles. The zero-order chi connectivity index (χ0) is 18.0. The van der Waals surface area contributed by atoms with Crippen molar-refractivity contribution < 1.29 is 13.9 Å². The van der Waals surface area contributed by atoms with E-state index in [1.165, 1.54) is 0 Å². The highest BCUT2D eigenvalue weighted by molar-refractivity contribution is 5.91. The zero-order valence-electron chi connectivity index (χ0n) is 14.7. The second-order valence-electron chi connectivity index (χ2n) is 5.78. The van der Waals surface area contributed by atoms with Crippen LogP contribution < -0.4 is 10.1 Å². The highest BCUT2D eigenvalue weighted by Gasteiger charge is 2.17. The Morgan fingerprint density at radius 1 is 1.24 bits per heavy atom. The lowest BCUT2D eigenvalue weighted by molar-refractivity contribution is -0.116. The van der Waals surface area contributed by atoms with Crippen molar-refractivity contribution in [1.29, 1.82) is 0 Å². The van der Waals surface area contributed by atoms with Crippen LogP contribution in [-0.2, 0) is 11.3 Å². The molecule has 0 aliphatic heterocycles. The van der Waals surface area contributed by atoms with Crippen molar-refractivity contribution in [2.45, 2.75) is 27.3 Å². The number of hydrogen-bond donors (Lipinski definition) is 1. The quantitative estimate of drug-likeness (QED) is 0.772. The van der Waals surface area contributed by atoms with Gasteiger partial charge in [0.1, 0.15) is 12.3 Å². The minimum absolute atomic E-state index is 0.122. The monoisotopic (exact) mass is 340 g/mol. The van der Waals surface area contributed by atoms with Crippen molar-refractivity contribution in [1.82, 2.24) is 14.8 Å². The minimum atomic E-state index is -0.122. The summed E-state index contributed by atoms with van der Waals surface area (Å²) in [5.41, 5.74) is 3.39. The topological polar surface area (TPSA) is 82.2 Å². The van der Waals surface area contributed by atoms with Crippen LogP contribution in [0.2, 0.25) is 0 Å². The molecule has 0 bridgehead atoms. The second kappa shape index (κ2) is 6.80. The van der Waals surface area contributed by atoms with Crippen LogP contribution in [0.4, 0.5) is 5.69 Å². The standard InChI is InChI=1S/C18H20N4O3/c1-11-8-16(18-21-20-13(3)25-18)12(2)22(11)10-17(23)19-14-6-5-7-15(9-14)24-4/h5-9H,10H2,1-4H3,(H,19,23). The van der Waals surface area contributed by atoms with Gasteiger partial charge in [-0.25, -0.2) is 0 Å². The molecule has 2 heterocycles. The summed E-state index contributed by atoms with van der Waals surface area (Å²) in [6.07, 6.45) is 0. The molecule has 0 saturated carbocycles.